The van der Waals surface area contributed by atoms with Gasteiger partial charge < -0.3 is 11.5 Å². The molecule has 0 saturated carbocycles. The van der Waals surface area contributed by atoms with Crippen LogP contribution in [0.1, 0.15) is 80.9 Å². The maximum Gasteiger partial charge on any atom is 0.167 e. The van der Waals surface area contributed by atoms with Crippen LogP contribution in [0.4, 0.5) is 11.6 Å². The number of likely N-dealkylation sites (tertiary alicyclic amines) is 2. The number of thiazole rings is 2. The van der Waals surface area contributed by atoms with Gasteiger partial charge in [0.2, 0.25) is 0 Å². The van der Waals surface area contributed by atoms with E-state index < -0.39 is 0 Å². The predicted molar refractivity (Wildman–Crippen MR) is 192 cm³/mol. The summed E-state index contributed by atoms with van der Waals surface area (Å²) < 4.78 is 0. The highest BCUT2D eigenvalue weighted by molar-refractivity contribution is 7.10. The Bertz CT molecular complexity index is 1530. The topological polar surface area (TPSA) is 101 Å². The minimum absolute atomic E-state index is 0.186. The Labute approximate surface area is 282 Å². The molecule has 0 bridgehead atoms. The fraction of sp³-hybridized carbons (Fsp3) is 0.486. The molecule has 46 heavy (non-hydrogen) atoms. The molecule has 4 N–H and O–H groups in total. The van der Waals surface area contributed by atoms with Crippen molar-refractivity contribution in [1.29, 1.82) is 0 Å². The number of hydrogen-bond donors (Lipinski definition) is 2. The molecule has 4 heterocycles. The Morgan fingerprint density at radius 3 is 1.46 bits per heavy atom. The maximum atomic E-state index is 15.2. The average molecular weight is 657 g/mol. The van der Waals surface area contributed by atoms with Crippen molar-refractivity contribution < 1.29 is 4.79 Å². The molecule has 2 aromatic carbocycles. The number of nitrogens with zero attached hydrogens (tertiary/aromatic N) is 4. The van der Waals surface area contributed by atoms with Gasteiger partial charge in [-0.15, -0.1) is 22.7 Å². The van der Waals surface area contributed by atoms with Gasteiger partial charge >= 0.3 is 0 Å². The zero-order chi connectivity index (χ0) is 32.4. The molecule has 7 nitrogen and oxygen atoms in total. The van der Waals surface area contributed by atoms with E-state index in [1.54, 1.807) is 22.7 Å². The zero-order valence-electron chi connectivity index (χ0n) is 27.7. The summed E-state index contributed by atoms with van der Waals surface area (Å²) in [4.78, 5) is 29.4. The van der Waals surface area contributed by atoms with Gasteiger partial charge in [-0.25, -0.2) is 9.97 Å². The van der Waals surface area contributed by atoms with E-state index in [0.29, 0.717) is 29.3 Å². The highest BCUT2D eigenvalue weighted by atomic mass is 32.1. The number of rotatable bonds is 10. The number of carbonyl (C=O) groups is 1. The molecule has 2 aliphatic heterocycles. The van der Waals surface area contributed by atoms with Crippen LogP contribution in [0.3, 0.4) is 0 Å². The van der Waals surface area contributed by atoms with Crippen LogP contribution in [-0.2, 0) is 17.6 Å². The summed E-state index contributed by atoms with van der Waals surface area (Å²) in [7, 11) is 0. The first-order chi connectivity index (χ1) is 22.1. The lowest BCUT2D eigenvalue weighted by Gasteiger charge is -2.42. The average Bonchev–Trinajstić information content (AvgIpc) is 3.70. The summed E-state index contributed by atoms with van der Waals surface area (Å²) in [5, 5.41) is 6.15. The van der Waals surface area contributed by atoms with Gasteiger partial charge in [0.05, 0.1) is 22.1 Å². The molecule has 2 aliphatic rings. The summed E-state index contributed by atoms with van der Waals surface area (Å²) in [6.45, 7) is 12.2. The molecule has 2 atom stereocenters. The number of benzene rings is 2. The molecule has 0 aliphatic carbocycles. The maximum absolute atomic E-state index is 15.2. The number of nitrogen functional groups attached to an aromatic ring is 2. The molecule has 2 unspecified atom stereocenters. The summed E-state index contributed by atoms with van der Waals surface area (Å²) in [6, 6.07) is 12.9. The van der Waals surface area contributed by atoms with E-state index in [2.05, 4.69) is 83.9 Å². The number of ketones is 1. The van der Waals surface area contributed by atoms with E-state index in [1.807, 2.05) is 10.8 Å². The third-order valence-electron chi connectivity index (χ3n) is 10.2. The highest BCUT2D eigenvalue weighted by Gasteiger charge is 2.39. The van der Waals surface area contributed by atoms with Crippen molar-refractivity contribution in [2.45, 2.75) is 90.1 Å². The van der Waals surface area contributed by atoms with Gasteiger partial charge in [-0.3, -0.25) is 14.6 Å². The number of nitrogens with two attached hydrogens (primary N) is 2. The van der Waals surface area contributed by atoms with Crippen molar-refractivity contribution in [2.75, 3.05) is 37.6 Å². The van der Waals surface area contributed by atoms with Crippen molar-refractivity contribution in [2.24, 2.45) is 0 Å². The molecule has 244 valence electrons. The fourth-order valence-electron chi connectivity index (χ4n) is 7.39. The standard InChI is InChI=1S/C37H48N6OS2/c1-23-5-7-25(3)29(17-23)19-31(42-13-9-27(10-14-42)36-40-33(38)21-45-36)35(44)32(20-30-18-24(2)6-8-26(30)4)43-15-11-28(12-16-43)37-41-34(39)22-46-37/h5-8,17-18,21-22,27-28,31-32H,9-16,19-20,38-39H2,1-4H3. The molecule has 6 rings (SSSR count). The van der Waals surface area contributed by atoms with E-state index in [9.17, 15) is 0 Å². The summed E-state index contributed by atoms with van der Waals surface area (Å²) >= 11 is 3.33. The molecule has 0 amide bonds. The third-order valence-corrected chi connectivity index (χ3v) is 12.3. The second-order valence-electron chi connectivity index (χ2n) is 13.5. The molecule has 2 aromatic heterocycles. The molecule has 4 aromatic rings. The van der Waals surface area contributed by atoms with Crippen molar-refractivity contribution in [1.82, 2.24) is 19.8 Å². The Hall–Kier alpha value is -3.11. The number of carbonyl (C=O) groups excluding carboxylic acids is 1. The smallest absolute Gasteiger partial charge is 0.167 e. The number of anilines is 2. The summed E-state index contributed by atoms with van der Waals surface area (Å²) in [5.74, 6) is 2.39. The molecule has 9 heteroatoms. The van der Waals surface area contributed by atoms with Crippen LogP contribution >= 0.6 is 22.7 Å². The lowest BCUT2D eigenvalue weighted by atomic mass is 9.86. The van der Waals surface area contributed by atoms with Crippen LogP contribution in [0.25, 0.3) is 0 Å². The third kappa shape index (κ3) is 7.54. The van der Waals surface area contributed by atoms with E-state index in [0.717, 1.165) is 74.7 Å². The first kappa shape index (κ1) is 32.8. The quantitative estimate of drug-likeness (QED) is 0.193. The lowest BCUT2D eigenvalue weighted by Crippen LogP contribution is -2.55. The zero-order valence-corrected chi connectivity index (χ0v) is 29.3. The van der Waals surface area contributed by atoms with Crippen LogP contribution < -0.4 is 11.5 Å². The predicted octanol–water partition coefficient (Wildman–Crippen LogP) is 6.85. The highest BCUT2D eigenvalue weighted by Crippen LogP contribution is 2.35. The minimum Gasteiger partial charge on any atom is -0.383 e. The van der Waals surface area contributed by atoms with Crippen molar-refractivity contribution in [3.05, 3.63) is 90.6 Å². The molecule has 2 fully saturated rings. The first-order valence-corrected chi connectivity index (χ1v) is 18.5. The van der Waals surface area contributed by atoms with Crippen molar-refractivity contribution in [3.8, 4) is 0 Å². The lowest BCUT2D eigenvalue weighted by molar-refractivity contribution is -0.130. The van der Waals surface area contributed by atoms with Crippen molar-refractivity contribution in [3.63, 3.8) is 0 Å². The van der Waals surface area contributed by atoms with Gasteiger partial charge in [0, 0.05) is 22.6 Å². The van der Waals surface area contributed by atoms with Crippen LogP contribution in [0, 0.1) is 27.7 Å². The summed E-state index contributed by atoms with van der Waals surface area (Å²) in [5.41, 5.74) is 19.5. The Morgan fingerprint density at radius 1 is 0.717 bits per heavy atom. The van der Waals surface area contributed by atoms with Gasteiger partial charge in [-0.2, -0.15) is 0 Å². The van der Waals surface area contributed by atoms with Crippen LogP contribution in [0.5, 0.6) is 0 Å². The monoisotopic (exact) mass is 656 g/mol. The summed E-state index contributed by atoms with van der Waals surface area (Å²) in [6.07, 6.45) is 5.45. The van der Waals surface area contributed by atoms with E-state index in [1.165, 1.54) is 33.4 Å². The van der Waals surface area contributed by atoms with Crippen LogP contribution in [-0.4, -0.2) is 63.8 Å². The second kappa shape index (κ2) is 14.3. The molecular formula is C37H48N6OS2. The Morgan fingerprint density at radius 2 is 1.11 bits per heavy atom. The van der Waals surface area contributed by atoms with Gasteiger partial charge in [-0.1, -0.05) is 47.5 Å². The minimum atomic E-state index is -0.186. The number of aromatic nitrogens is 2. The van der Waals surface area contributed by atoms with Gasteiger partial charge in [0.15, 0.2) is 5.78 Å². The number of hydrogen-bond acceptors (Lipinski definition) is 9. The number of piperidine rings is 2. The van der Waals surface area contributed by atoms with E-state index in [-0.39, 0.29) is 12.1 Å². The molecular weight excluding hydrogens is 609 g/mol. The Kier molecular flexibility index (Phi) is 10.2. The van der Waals surface area contributed by atoms with Crippen LogP contribution in [0.15, 0.2) is 47.2 Å². The number of aryl methyl sites for hydroxylation is 4. The van der Waals surface area contributed by atoms with Gasteiger partial charge in [-0.05, 0) is 115 Å². The molecule has 2 saturated heterocycles. The van der Waals surface area contributed by atoms with Gasteiger partial charge in [0.25, 0.3) is 0 Å². The van der Waals surface area contributed by atoms with E-state index >= 15 is 4.79 Å². The largest absolute Gasteiger partial charge is 0.383 e. The fourth-order valence-corrected chi connectivity index (χ4v) is 9.15. The molecule has 0 spiro atoms. The number of Topliss-reactive ketones (excluding diaryl/α,β-unsaturated/α-hetero) is 1. The SMILES string of the molecule is Cc1ccc(C)c(CC(C(=O)C(Cc2cc(C)ccc2C)N2CCC(c3nc(N)cs3)CC2)N2CCC(c3nc(N)cs3)CC2)c1. The van der Waals surface area contributed by atoms with Crippen LogP contribution in [0.2, 0.25) is 0 Å². The normalized spacial score (nSPS) is 18.5. The van der Waals surface area contributed by atoms with Gasteiger partial charge in [0.1, 0.15) is 11.6 Å². The second-order valence-corrected chi connectivity index (χ2v) is 15.3. The molecule has 0 radical (unpaired) electrons. The Balaban J connectivity index is 1.29. The van der Waals surface area contributed by atoms with E-state index in [4.69, 9.17) is 11.5 Å². The first-order valence-electron chi connectivity index (χ1n) is 16.7. The van der Waals surface area contributed by atoms with Crippen molar-refractivity contribution >= 4 is 40.1 Å².